The quantitative estimate of drug-likeness (QED) is 0.177. The Morgan fingerprint density at radius 2 is 0.974 bits per heavy atom. The van der Waals surface area contributed by atoms with Gasteiger partial charge < -0.3 is 9.80 Å². The summed E-state index contributed by atoms with van der Waals surface area (Å²) in [5, 5.41) is 5.26. The van der Waals surface area contributed by atoms with Gasteiger partial charge in [-0.15, -0.1) is 0 Å². The van der Waals surface area contributed by atoms with Gasteiger partial charge in [-0.2, -0.15) is 0 Å². The Morgan fingerprint density at radius 1 is 0.500 bits per heavy atom. The maximum Gasteiger partial charge on any atom is 0.102 e. The van der Waals surface area contributed by atoms with Gasteiger partial charge >= 0.3 is 0 Å². The Hall–Kier alpha value is -3.78. The molecule has 0 radical (unpaired) electrons. The first-order valence-electron chi connectivity index (χ1n) is 14.4. The molecule has 0 aromatic heterocycles. The fourth-order valence-electron chi connectivity index (χ4n) is 6.13. The minimum absolute atomic E-state index is 0.354. The molecule has 0 saturated heterocycles. The first-order valence-corrected chi connectivity index (χ1v) is 14.4. The van der Waals surface area contributed by atoms with Crippen LogP contribution in [0.5, 0.6) is 0 Å². The standard InChI is InChI=1S/C36H38N2/c1-2-3-4-5-6-19-36-37(26-28-20-22-30-13-7-9-15-32(30)24-28)34-17-11-12-18-35(34)38(36)27-29-21-23-31-14-8-10-16-33(31)25-29/h7-18,20-25,36H,2-6,19,26-27H2,1H3. The SMILES string of the molecule is CCCCCCCC1N(Cc2ccc3ccccc3c2)c2ccccc2N1Cc1ccc2ccccc2c1. The molecule has 5 aromatic rings. The summed E-state index contributed by atoms with van der Waals surface area (Å²) in [6.45, 7) is 4.15. The summed E-state index contributed by atoms with van der Waals surface area (Å²) in [6, 6.07) is 40.4. The zero-order valence-corrected chi connectivity index (χ0v) is 22.5. The van der Waals surface area contributed by atoms with E-state index in [1.54, 1.807) is 0 Å². The van der Waals surface area contributed by atoms with E-state index in [9.17, 15) is 0 Å². The van der Waals surface area contributed by atoms with Crippen LogP contribution in [-0.2, 0) is 13.1 Å². The average Bonchev–Trinajstić information content (AvgIpc) is 3.24. The molecule has 0 bridgehead atoms. The molecule has 0 atom stereocenters. The number of benzene rings is 5. The van der Waals surface area contributed by atoms with Crippen LogP contribution < -0.4 is 9.80 Å². The highest BCUT2D eigenvalue weighted by Gasteiger charge is 2.35. The first-order chi connectivity index (χ1) is 18.8. The molecule has 0 saturated carbocycles. The first kappa shape index (κ1) is 24.6. The maximum atomic E-state index is 2.67. The lowest BCUT2D eigenvalue weighted by molar-refractivity contribution is 0.497. The minimum atomic E-state index is 0.354. The Labute approximate surface area is 227 Å². The van der Waals surface area contributed by atoms with Crippen molar-refractivity contribution in [3.05, 3.63) is 120 Å². The molecule has 0 N–H and O–H groups in total. The van der Waals surface area contributed by atoms with Crippen LogP contribution in [-0.4, -0.2) is 6.17 Å². The summed E-state index contributed by atoms with van der Waals surface area (Å²) in [7, 11) is 0. The van der Waals surface area contributed by atoms with Gasteiger partial charge in [-0.25, -0.2) is 0 Å². The summed E-state index contributed by atoms with van der Waals surface area (Å²) in [5.41, 5.74) is 5.48. The molecule has 1 aliphatic rings. The number of hydrogen-bond donors (Lipinski definition) is 0. The highest BCUT2D eigenvalue weighted by atomic mass is 15.4. The zero-order valence-electron chi connectivity index (χ0n) is 22.5. The third kappa shape index (κ3) is 5.13. The number of fused-ring (bicyclic) bond motifs is 3. The van der Waals surface area contributed by atoms with E-state index in [1.807, 2.05) is 0 Å². The number of hydrogen-bond acceptors (Lipinski definition) is 2. The summed E-state index contributed by atoms with van der Waals surface area (Å²) < 4.78 is 0. The Kier molecular flexibility index (Phi) is 7.31. The Bertz CT molecular complexity index is 1410. The summed E-state index contributed by atoms with van der Waals surface area (Å²) in [5.74, 6) is 0. The lowest BCUT2D eigenvalue weighted by Crippen LogP contribution is -2.42. The molecular formula is C36H38N2. The molecular weight excluding hydrogens is 460 g/mol. The fourth-order valence-corrected chi connectivity index (χ4v) is 6.13. The van der Waals surface area contributed by atoms with Crippen molar-refractivity contribution in [1.29, 1.82) is 0 Å². The molecule has 192 valence electrons. The van der Waals surface area contributed by atoms with E-state index in [0.29, 0.717) is 6.17 Å². The third-order valence-corrected chi connectivity index (χ3v) is 8.12. The summed E-state index contributed by atoms with van der Waals surface area (Å²) >= 11 is 0. The molecule has 0 aliphatic carbocycles. The fraction of sp³-hybridized carbons (Fsp3) is 0.278. The number of anilines is 2. The van der Waals surface area contributed by atoms with E-state index >= 15 is 0 Å². The van der Waals surface area contributed by atoms with Crippen LogP contribution in [0, 0.1) is 0 Å². The Morgan fingerprint density at radius 3 is 1.50 bits per heavy atom. The number of para-hydroxylation sites is 2. The molecule has 1 aliphatic heterocycles. The smallest absolute Gasteiger partial charge is 0.102 e. The van der Waals surface area contributed by atoms with Crippen LogP contribution in [0.2, 0.25) is 0 Å². The van der Waals surface area contributed by atoms with Crippen LogP contribution in [0.1, 0.15) is 56.6 Å². The molecule has 2 heteroatoms. The van der Waals surface area contributed by atoms with Gasteiger partial charge in [0.2, 0.25) is 0 Å². The normalized spacial score (nSPS) is 13.5. The number of nitrogens with zero attached hydrogens (tertiary/aromatic N) is 2. The van der Waals surface area contributed by atoms with Crippen molar-refractivity contribution < 1.29 is 0 Å². The van der Waals surface area contributed by atoms with E-state index in [4.69, 9.17) is 0 Å². The van der Waals surface area contributed by atoms with Crippen molar-refractivity contribution >= 4 is 32.9 Å². The highest BCUT2D eigenvalue weighted by Crippen LogP contribution is 2.43. The van der Waals surface area contributed by atoms with Gasteiger partial charge in [0.25, 0.3) is 0 Å². The van der Waals surface area contributed by atoms with Crippen LogP contribution in [0.4, 0.5) is 11.4 Å². The van der Waals surface area contributed by atoms with Crippen LogP contribution in [0.25, 0.3) is 21.5 Å². The van der Waals surface area contributed by atoms with Crippen LogP contribution in [0.3, 0.4) is 0 Å². The molecule has 1 heterocycles. The highest BCUT2D eigenvalue weighted by molar-refractivity contribution is 5.84. The molecule has 2 nitrogen and oxygen atoms in total. The third-order valence-electron chi connectivity index (χ3n) is 8.12. The molecule has 0 fully saturated rings. The average molecular weight is 499 g/mol. The van der Waals surface area contributed by atoms with E-state index in [0.717, 1.165) is 13.1 Å². The lowest BCUT2D eigenvalue weighted by Gasteiger charge is -2.34. The van der Waals surface area contributed by atoms with Gasteiger partial charge in [-0.1, -0.05) is 118 Å². The second kappa shape index (κ2) is 11.3. The molecule has 0 unspecified atom stereocenters. The minimum Gasteiger partial charge on any atom is -0.345 e. The van der Waals surface area contributed by atoms with Crippen LogP contribution >= 0.6 is 0 Å². The van der Waals surface area contributed by atoms with Crippen molar-refractivity contribution in [2.45, 2.75) is 64.7 Å². The number of rotatable bonds is 10. The van der Waals surface area contributed by atoms with Gasteiger partial charge in [0.15, 0.2) is 0 Å². The van der Waals surface area contributed by atoms with Crippen molar-refractivity contribution in [3.63, 3.8) is 0 Å². The predicted molar refractivity (Wildman–Crippen MR) is 164 cm³/mol. The van der Waals surface area contributed by atoms with Crippen molar-refractivity contribution in [2.24, 2.45) is 0 Å². The van der Waals surface area contributed by atoms with Gasteiger partial charge in [0, 0.05) is 13.1 Å². The predicted octanol–water partition coefficient (Wildman–Crippen LogP) is 9.71. The summed E-state index contributed by atoms with van der Waals surface area (Å²) in [6.07, 6.45) is 8.08. The van der Waals surface area contributed by atoms with Crippen molar-refractivity contribution in [3.8, 4) is 0 Å². The van der Waals surface area contributed by atoms with Crippen molar-refractivity contribution in [1.82, 2.24) is 0 Å². The van der Waals surface area contributed by atoms with E-state index in [2.05, 4.69) is 126 Å². The molecule has 0 amide bonds. The van der Waals surface area contributed by atoms with E-state index < -0.39 is 0 Å². The Balaban J connectivity index is 1.32. The second-order valence-corrected chi connectivity index (χ2v) is 10.8. The van der Waals surface area contributed by atoms with Gasteiger partial charge in [0.05, 0.1) is 11.4 Å². The largest absolute Gasteiger partial charge is 0.345 e. The van der Waals surface area contributed by atoms with E-state index in [1.165, 1.54) is 82.6 Å². The number of unbranched alkanes of at least 4 members (excludes halogenated alkanes) is 4. The molecule has 0 spiro atoms. The molecule has 6 rings (SSSR count). The van der Waals surface area contributed by atoms with E-state index in [-0.39, 0.29) is 0 Å². The van der Waals surface area contributed by atoms with Crippen molar-refractivity contribution in [2.75, 3.05) is 9.80 Å². The van der Waals surface area contributed by atoms with Gasteiger partial charge in [-0.05, 0) is 69.8 Å². The summed E-state index contributed by atoms with van der Waals surface area (Å²) in [4.78, 5) is 5.33. The molecule has 38 heavy (non-hydrogen) atoms. The van der Waals surface area contributed by atoms with Crippen LogP contribution in [0.15, 0.2) is 109 Å². The lowest BCUT2D eigenvalue weighted by atomic mass is 10.0. The molecule has 5 aromatic carbocycles. The van der Waals surface area contributed by atoms with Gasteiger partial charge in [0.1, 0.15) is 6.17 Å². The van der Waals surface area contributed by atoms with Gasteiger partial charge in [-0.3, -0.25) is 0 Å². The second-order valence-electron chi connectivity index (χ2n) is 10.8. The zero-order chi connectivity index (χ0) is 25.7. The topological polar surface area (TPSA) is 6.48 Å². The monoisotopic (exact) mass is 498 g/mol. The maximum absolute atomic E-state index is 2.67.